The fourth-order valence-corrected chi connectivity index (χ4v) is 14.3. The Balaban J connectivity index is 1.59. The van der Waals surface area contributed by atoms with Gasteiger partial charge in [0.15, 0.2) is 12.6 Å². The first-order valence-corrected chi connectivity index (χ1v) is 43.5. The highest BCUT2D eigenvalue weighted by molar-refractivity contribution is 5.76. The van der Waals surface area contributed by atoms with Crippen molar-refractivity contribution >= 4 is 5.91 Å². The van der Waals surface area contributed by atoms with Gasteiger partial charge in [-0.3, -0.25) is 4.79 Å². The Bertz CT molecular complexity index is 1950. The Morgan fingerprint density at radius 2 is 0.657 bits per heavy atom. The van der Waals surface area contributed by atoms with Crippen molar-refractivity contribution in [2.45, 2.75) is 473 Å². The lowest BCUT2D eigenvalue weighted by molar-refractivity contribution is -0.359. The first-order chi connectivity index (χ1) is 50.1. The number of aliphatic hydroxyl groups is 8. The number of carbonyl (C=O) groups is 1. The highest BCUT2D eigenvalue weighted by Gasteiger charge is 2.51. The molecule has 0 aromatic rings. The summed E-state index contributed by atoms with van der Waals surface area (Å²) in [5.74, 6) is -0.242. The number of hydrogen-bond donors (Lipinski definition) is 9. The molecule has 2 heterocycles. The molecule has 598 valence electrons. The number of ether oxygens (including phenoxy) is 4. The summed E-state index contributed by atoms with van der Waals surface area (Å²) < 4.78 is 22.9. The summed E-state index contributed by atoms with van der Waals surface area (Å²) in [6, 6.07) is -0.934. The third-order valence-electron chi connectivity index (χ3n) is 21.2. The average molecular weight is 1440 g/mol. The summed E-state index contributed by atoms with van der Waals surface area (Å²) in [6.45, 7) is 2.83. The molecule has 0 aromatic heterocycles. The smallest absolute Gasteiger partial charge is 0.220 e. The molecule has 0 aliphatic carbocycles. The van der Waals surface area contributed by atoms with Gasteiger partial charge >= 0.3 is 0 Å². The van der Waals surface area contributed by atoms with Crippen molar-refractivity contribution in [2.24, 2.45) is 0 Å². The molecule has 102 heavy (non-hydrogen) atoms. The standard InChI is InChI=1S/C88H163NO13/c1-3-5-7-9-11-13-15-17-19-21-23-25-27-29-31-33-35-36-37-38-39-40-42-44-46-48-50-52-54-56-58-60-62-64-66-68-70-72-80(93)89-76(75-99-87-85(98)83(96)86(79(74-91)101-87)102-88-84(97)82(95)81(94)78(73-90)100-88)77(92)71-69-67-65-63-61-59-57-55-53-51-49-47-45-43-41-34-32-30-28-26-24-22-20-18-16-14-12-10-8-6-4-2/h15,17,21,23,27,29,61,63,69,71,76-79,81-88,90-92,94-98H,3-14,16,18-20,22,24-26,28,30-60,62,64-68,70,72-75H2,1-2H3,(H,89,93)/b17-15-,23-21-,29-27-,63-61+,71-69+. The largest absolute Gasteiger partial charge is 0.394 e. The molecule has 0 radical (unpaired) electrons. The quantitative estimate of drug-likeness (QED) is 0.0204. The number of rotatable bonds is 74. The lowest BCUT2D eigenvalue weighted by atomic mass is 9.97. The van der Waals surface area contributed by atoms with E-state index in [1.54, 1.807) is 6.08 Å². The van der Waals surface area contributed by atoms with Gasteiger partial charge in [0.2, 0.25) is 5.91 Å². The van der Waals surface area contributed by atoms with Crippen LogP contribution in [-0.4, -0.2) is 140 Å². The SMILES string of the molecule is CCCCCCC/C=C\C/C=C\C/C=C\CCCCCCCCCCCCCCCCCCCCCCCCC(=O)NC(COC1OC(CO)C(OC2OC(CO)C(O)C(O)C2O)C(O)C1O)C(O)/C=C/CC/C=C/CCCCCCCCCCCCCCCCCCCCCCCCCCC. The zero-order valence-corrected chi connectivity index (χ0v) is 65.9. The summed E-state index contributed by atoms with van der Waals surface area (Å²) in [6.07, 6.45) is 81.9. The van der Waals surface area contributed by atoms with E-state index in [9.17, 15) is 45.6 Å². The van der Waals surface area contributed by atoms with Crippen LogP contribution in [0.2, 0.25) is 0 Å². The summed E-state index contributed by atoms with van der Waals surface area (Å²) >= 11 is 0. The lowest BCUT2D eigenvalue weighted by Gasteiger charge is -2.46. The Labute approximate surface area is 626 Å². The highest BCUT2D eigenvalue weighted by Crippen LogP contribution is 2.30. The van der Waals surface area contributed by atoms with E-state index in [-0.39, 0.29) is 18.9 Å². The van der Waals surface area contributed by atoms with E-state index in [2.05, 4.69) is 67.8 Å². The summed E-state index contributed by atoms with van der Waals surface area (Å²) in [5, 5.41) is 87.8. The first kappa shape index (κ1) is 95.8. The molecule has 12 atom stereocenters. The molecule has 2 aliphatic heterocycles. The maximum absolute atomic E-state index is 13.4. The van der Waals surface area contributed by atoms with Gasteiger partial charge in [-0.1, -0.05) is 383 Å². The predicted molar refractivity (Wildman–Crippen MR) is 424 cm³/mol. The number of nitrogens with one attached hydrogen (secondary N) is 1. The van der Waals surface area contributed by atoms with Gasteiger partial charge in [0, 0.05) is 6.42 Å². The maximum atomic E-state index is 13.4. The molecule has 14 heteroatoms. The molecule has 0 spiro atoms. The number of hydrogen-bond acceptors (Lipinski definition) is 13. The molecule has 2 aliphatic rings. The van der Waals surface area contributed by atoms with Crippen molar-refractivity contribution in [2.75, 3.05) is 19.8 Å². The van der Waals surface area contributed by atoms with Crippen LogP contribution in [0, 0.1) is 0 Å². The maximum Gasteiger partial charge on any atom is 0.220 e. The van der Waals surface area contributed by atoms with Crippen LogP contribution in [0.25, 0.3) is 0 Å². The van der Waals surface area contributed by atoms with Crippen LogP contribution in [0.15, 0.2) is 60.8 Å². The Hall–Kier alpha value is -2.31. The molecular formula is C88H163NO13. The van der Waals surface area contributed by atoms with Crippen molar-refractivity contribution in [3.63, 3.8) is 0 Å². The molecule has 2 saturated heterocycles. The second kappa shape index (κ2) is 71.6. The van der Waals surface area contributed by atoms with Crippen LogP contribution in [0.5, 0.6) is 0 Å². The number of aliphatic hydroxyl groups excluding tert-OH is 8. The zero-order chi connectivity index (χ0) is 73.7. The number of amides is 1. The summed E-state index contributed by atoms with van der Waals surface area (Å²) in [4.78, 5) is 13.4. The van der Waals surface area contributed by atoms with Crippen LogP contribution in [-0.2, 0) is 23.7 Å². The third kappa shape index (κ3) is 53.5. The minimum absolute atomic E-state index is 0.242. The molecule has 14 nitrogen and oxygen atoms in total. The second-order valence-corrected chi connectivity index (χ2v) is 30.7. The molecule has 12 unspecified atom stereocenters. The van der Waals surface area contributed by atoms with Crippen LogP contribution in [0.3, 0.4) is 0 Å². The molecule has 1 amide bonds. The Morgan fingerprint density at radius 3 is 1.03 bits per heavy atom. The molecule has 0 aromatic carbocycles. The van der Waals surface area contributed by atoms with E-state index in [0.717, 1.165) is 44.9 Å². The van der Waals surface area contributed by atoms with Gasteiger partial charge in [0.05, 0.1) is 32.0 Å². The van der Waals surface area contributed by atoms with Crippen LogP contribution in [0.4, 0.5) is 0 Å². The van der Waals surface area contributed by atoms with Gasteiger partial charge in [0.1, 0.15) is 48.8 Å². The van der Waals surface area contributed by atoms with E-state index in [4.69, 9.17) is 18.9 Å². The summed E-state index contributed by atoms with van der Waals surface area (Å²) in [7, 11) is 0. The molecule has 2 rings (SSSR count). The van der Waals surface area contributed by atoms with Gasteiger partial charge in [-0.25, -0.2) is 0 Å². The van der Waals surface area contributed by atoms with Gasteiger partial charge in [0.25, 0.3) is 0 Å². The van der Waals surface area contributed by atoms with Gasteiger partial charge in [-0.2, -0.15) is 0 Å². The van der Waals surface area contributed by atoms with Crippen LogP contribution < -0.4 is 5.32 Å². The third-order valence-corrected chi connectivity index (χ3v) is 21.2. The second-order valence-electron chi connectivity index (χ2n) is 30.7. The predicted octanol–water partition coefficient (Wildman–Crippen LogP) is 20.7. The van der Waals surface area contributed by atoms with Crippen molar-refractivity contribution in [3.8, 4) is 0 Å². The Kier molecular flexibility index (Phi) is 67.2. The Morgan fingerprint density at radius 1 is 0.353 bits per heavy atom. The van der Waals surface area contributed by atoms with E-state index in [0.29, 0.717) is 12.8 Å². The number of carbonyl (C=O) groups excluding carboxylic acids is 1. The molecule has 2 fully saturated rings. The van der Waals surface area contributed by atoms with Gasteiger partial charge in [-0.15, -0.1) is 0 Å². The molecule has 9 N–H and O–H groups in total. The molecule has 0 bridgehead atoms. The lowest BCUT2D eigenvalue weighted by Crippen LogP contribution is -2.65. The topological polar surface area (TPSA) is 228 Å². The molecular weight excluding hydrogens is 1280 g/mol. The van der Waals surface area contributed by atoms with Crippen molar-refractivity contribution in [1.82, 2.24) is 5.32 Å². The van der Waals surface area contributed by atoms with E-state index >= 15 is 0 Å². The van der Waals surface area contributed by atoms with Crippen molar-refractivity contribution in [3.05, 3.63) is 60.8 Å². The fourth-order valence-electron chi connectivity index (χ4n) is 14.3. The monoisotopic (exact) mass is 1440 g/mol. The minimum Gasteiger partial charge on any atom is -0.394 e. The zero-order valence-electron chi connectivity index (χ0n) is 65.9. The van der Waals surface area contributed by atoms with Gasteiger partial charge in [-0.05, 0) is 70.6 Å². The van der Waals surface area contributed by atoms with E-state index in [1.165, 1.54) is 321 Å². The van der Waals surface area contributed by atoms with Crippen LogP contribution in [0.1, 0.15) is 399 Å². The average Bonchev–Trinajstić information content (AvgIpc) is 0.790. The van der Waals surface area contributed by atoms with Crippen LogP contribution >= 0.6 is 0 Å². The minimum atomic E-state index is -1.79. The molecule has 0 saturated carbocycles. The number of allylic oxidation sites excluding steroid dienone is 9. The first-order valence-electron chi connectivity index (χ1n) is 43.5. The highest BCUT2D eigenvalue weighted by atomic mass is 16.7. The summed E-state index contributed by atoms with van der Waals surface area (Å²) in [5.41, 5.74) is 0. The van der Waals surface area contributed by atoms with Gasteiger partial charge < -0.3 is 65.1 Å². The van der Waals surface area contributed by atoms with Crippen molar-refractivity contribution < 1.29 is 64.6 Å². The normalized spacial score (nSPS) is 21.9. The van der Waals surface area contributed by atoms with Crippen molar-refractivity contribution in [1.29, 1.82) is 0 Å². The number of unbranched alkanes of at least 4 members (excludes halogenated alkanes) is 53. The fraction of sp³-hybridized carbons (Fsp3) is 0.875. The van der Waals surface area contributed by atoms with E-state index < -0.39 is 86.8 Å². The van der Waals surface area contributed by atoms with E-state index in [1.807, 2.05) is 6.08 Å².